The van der Waals surface area contributed by atoms with Gasteiger partial charge in [-0.3, -0.25) is 9.59 Å². The Hall–Kier alpha value is -2.94. The number of anilines is 1. The molecule has 5 nitrogen and oxygen atoms in total. The number of carbonyl (C=O) groups is 2. The van der Waals surface area contributed by atoms with Gasteiger partial charge in [-0.15, -0.1) is 0 Å². The highest BCUT2D eigenvalue weighted by Gasteiger charge is 2.31. The lowest BCUT2D eigenvalue weighted by Gasteiger charge is -2.11. The highest BCUT2D eigenvalue weighted by Crippen LogP contribution is 2.31. The Morgan fingerprint density at radius 3 is 2.38 bits per heavy atom. The number of benzene rings is 2. The van der Waals surface area contributed by atoms with Crippen molar-refractivity contribution in [2.24, 2.45) is 0 Å². The molecule has 2 rings (SSSR count). The van der Waals surface area contributed by atoms with E-state index in [1.54, 1.807) is 18.2 Å². The number of halogens is 4. The molecule has 9 heteroatoms. The van der Waals surface area contributed by atoms with Gasteiger partial charge in [0.1, 0.15) is 5.82 Å². The van der Waals surface area contributed by atoms with Crippen molar-refractivity contribution in [1.29, 1.82) is 0 Å². The van der Waals surface area contributed by atoms with Gasteiger partial charge in [-0.05, 0) is 43.2 Å². The molecule has 2 N–H and O–H groups in total. The average Bonchev–Trinajstić information content (AvgIpc) is 2.65. The predicted octanol–water partition coefficient (Wildman–Crippen LogP) is 4.02. The molecule has 0 atom stereocenters. The van der Waals surface area contributed by atoms with Crippen molar-refractivity contribution < 1.29 is 31.9 Å². The Labute approximate surface area is 165 Å². The molecule has 0 radical (unpaired) electrons. The van der Waals surface area contributed by atoms with Gasteiger partial charge in [0.25, 0.3) is 0 Å². The summed E-state index contributed by atoms with van der Waals surface area (Å²) in [5, 5.41) is 4.20. The number of amides is 2. The summed E-state index contributed by atoms with van der Waals surface area (Å²) in [5.74, 6) is -3.47. The molecule has 2 aromatic carbocycles. The minimum Gasteiger partial charge on any atom is -0.374 e. The molecule has 0 aliphatic carbocycles. The van der Waals surface area contributed by atoms with E-state index >= 15 is 0 Å². The summed E-state index contributed by atoms with van der Waals surface area (Å²) in [5.41, 5.74) is -0.301. The standard InChI is InChI=1S/C20H20F4N2O3/c1-12(2)29-11-14-5-3-4-13(8-14)10-25-18(27)19(28)26-17-9-15(20(22,23)24)6-7-16(17)21/h3-9,12H,10-11H2,1-2H3,(H,25,27)(H,26,28). The Bertz CT molecular complexity index is 882. The molecule has 0 saturated heterocycles. The molecular formula is C20H20F4N2O3. The van der Waals surface area contributed by atoms with Gasteiger partial charge in [-0.1, -0.05) is 24.3 Å². The van der Waals surface area contributed by atoms with E-state index in [4.69, 9.17) is 4.74 Å². The first kappa shape index (κ1) is 22.4. The van der Waals surface area contributed by atoms with Crippen LogP contribution in [0.15, 0.2) is 42.5 Å². The Kier molecular flexibility index (Phi) is 7.33. The zero-order valence-electron chi connectivity index (χ0n) is 15.8. The van der Waals surface area contributed by atoms with Crippen LogP contribution in [0.5, 0.6) is 0 Å². The van der Waals surface area contributed by atoms with E-state index in [1.807, 2.05) is 25.2 Å². The lowest BCUT2D eigenvalue weighted by atomic mass is 10.1. The quantitative estimate of drug-likeness (QED) is 0.556. The maximum absolute atomic E-state index is 13.7. The maximum Gasteiger partial charge on any atom is 0.416 e. The van der Waals surface area contributed by atoms with Crippen molar-refractivity contribution in [2.75, 3.05) is 5.32 Å². The summed E-state index contributed by atoms with van der Waals surface area (Å²) in [6, 6.07) is 8.66. The van der Waals surface area contributed by atoms with Gasteiger partial charge in [0.05, 0.1) is 24.0 Å². The fourth-order valence-electron chi connectivity index (χ4n) is 2.33. The zero-order chi connectivity index (χ0) is 21.6. The molecule has 0 spiro atoms. The molecule has 2 amide bonds. The Morgan fingerprint density at radius 2 is 1.72 bits per heavy atom. The van der Waals surface area contributed by atoms with Gasteiger partial charge >= 0.3 is 18.0 Å². The van der Waals surface area contributed by atoms with Crippen molar-refractivity contribution in [1.82, 2.24) is 5.32 Å². The van der Waals surface area contributed by atoms with E-state index < -0.39 is 35.1 Å². The first-order chi connectivity index (χ1) is 13.6. The van der Waals surface area contributed by atoms with E-state index in [9.17, 15) is 27.2 Å². The van der Waals surface area contributed by atoms with Crippen LogP contribution in [0, 0.1) is 5.82 Å². The molecule has 29 heavy (non-hydrogen) atoms. The third-order valence-corrected chi connectivity index (χ3v) is 3.78. The summed E-state index contributed by atoms with van der Waals surface area (Å²) in [4.78, 5) is 23.8. The van der Waals surface area contributed by atoms with E-state index in [0.29, 0.717) is 30.4 Å². The van der Waals surface area contributed by atoms with Crippen LogP contribution in [0.2, 0.25) is 0 Å². The van der Waals surface area contributed by atoms with Crippen molar-refractivity contribution in [3.63, 3.8) is 0 Å². The monoisotopic (exact) mass is 412 g/mol. The van der Waals surface area contributed by atoms with Crippen LogP contribution in [-0.2, 0) is 33.7 Å². The van der Waals surface area contributed by atoms with Crippen LogP contribution in [0.4, 0.5) is 23.2 Å². The number of hydrogen-bond acceptors (Lipinski definition) is 3. The second-order valence-corrected chi connectivity index (χ2v) is 6.51. The van der Waals surface area contributed by atoms with E-state index in [1.165, 1.54) is 0 Å². The molecule has 0 heterocycles. The molecule has 0 bridgehead atoms. The zero-order valence-corrected chi connectivity index (χ0v) is 15.8. The second-order valence-electron chi connectivity index (χ2n) is 6.51. The predicted molar refractivity (Wildman–Crippen MR) is 98.2 cm³/mol. The average molecular weight is 412 g/mol. The van der Waals surface area contributed by atoms with Crippen LogP contribution in [0.25, 0.3) is 0 Å². The number of hydrogen-bond donors (Lipinski definition) is 2. The molecule has 0 saturated carbocycles. The van der Waals surface area contributed by atoms with Gasteiger partial charge in [0, 0.05) is 6.54 Å². The van der Waals surface area contributed by atoms with Crippen molar-refractivity contribution >= 4 is 17.5 Å². The number of nitrogens with one attached hydrogen (secondary N) is 2. The normalized spacial score (nSPS) is 11.4. The molecule has 0 aliphatic heterocycles. The molecule has 156 valence electrons. The summed E-state index contributed by atoms with van der Waals surface area (Å²) in [7, 11) is 0. The first-order valence-electron chi connectivity index (χ1n) is 8.71. The Morgan fingerprint density at radius 1 is 1.03 bits per heavy atom. The summed E-state index contributed by atoms with van der Waals surface area (Å²) in [6.45, 7) is 4.19. The van der Waals surface area contributed by atoms with Crippen LogP contribution in [0.3, 0.4) is 0 Å². The minimum atomic E-state index is -4.71. The second kappa shape index (κ2) is 9.51. The fraction of sp³-hybridized carbons (Fsp3) is 0.300. The topological polar surface area (TPSA) is 67.4 Å². The van der Waals surface area contributed by atoms with Crippen molar-refractivity contribution in [3.8, 4) is 0 Å². The summed E-state index contributed by atoms with van der Waals surface area (Å²) >= 11 is 0. The van der Waals surface area contributed by atoms with E-state index in [0.717, 1.165) is 5.56 Å². The number of ether oxygens (including phenoxy) is 1. The third kappa shape index (κ3) is 6.86. The summed E-state index contributed by atoms with van der Waals surface area (Å²) < 4.78 is 57.3. The number of rotatable bonds is 6. The molecular weight excluding hydrogens is 392 g/mol. The molecule has 0 unspecified atom stereocenters. The largest absolute Gasteiger partial charge is 0.416 e. The Balaban J connectivity index is 1.97. The third-order valence-electron chi connectivity index (χ3n) is 3.78. The van der Waals surface area contributed by atoms with Gasteiger partial charge in [-0.25, -0.2) is 4.39 Å². The SMILES string of the molecule is CC(C)OCc1cccc(CNC(=O)C(=O)Nc2cc(C(F)(F)F)ccc2F)c1. The van der Waals surface area contributed by atoms with Gasteiger partial charge in [-0.2, -0.15) is 13.2 Å². The van der Waals surface area contributed by atoms with Crippen molar-refractivity contribution in [3.05, 3.63) is 65.0 Å². The number of carbonyl (C=O) groups excluding carboxylic acids is 2. The van der Waals surface area contributed by atoms with Gasteiger partial charge in [0.15, 0.2) is 0 Å². The van der Waals surface area contributed by atoms with Crippen LogP contribution in [0.1, 0.15) is 30.5 Å². The van der Waals surface area contributed by atoms with Gasteiger partial charge < -0.3 is 15.4 Å². The van der Waals surface area contributed by atoms with Crippen molar-refractivity contribution in [2.45, 2.75) is 39.3 Å². The lowest BCUT2D eigenvalue weighted by Crippen LogP contribution is -2.35. The smallest absolute Gasteiger partial charge is 0.374 e. The number of alkyl halides is 3. The highest BCUT2D eigenvalue weighted by molar-refractivity contribution is 6.39. The minimum absolute atomic E-state index is 0.00679. The summed E-state index contributed by atoms with van der Waals surface area (Å²) in [6.07, 6.45) is -4.65. The van der Waals surface area contributed by atoms with E-state index in [-0.39, 0.29) is 12.6 Å². The van der Waals surface area contributed by atoms with Crippen LogP contribution in [-0.4, -0.2) is 17.9 Å². The van der Waals surface area contributed by atoms with Gasteiger partial charge in [0.2, 0.25) is 0 Å². The molecule has 2 aromatic rings. The molecule has 0 aliphatic rings. The lowest BCUT2D eigenvalue weighted by molar-refractivity contribution is -0.137. The molecule has 0 aromatic heterocycles. The highest BCUT2D eigenvalue weighted by atomic mass is 19.4. The maximum atomic E-state index is 13.7. The van der Waals surface area contributed by atoms with Crippen LogP contribution < -0.4 is 10.6 Å². The first-order valence-corrected chi connectivity index (χ1v) is 8.71. The van der Waals surface area contributed by atoms with Crippen LogP contribution >= 0.6 is 0 Å². The molecule has 0 fully saturated rings. The fourth-order valence-corrected chi connectivity index (χ4v) is 2.33. The van der Waals surface area contributed by atoms with E-state index in [2.05, 4.69) is 5.32 Å².